The molecule has 1 aromatic heterocycles. The van der Waals surface area contributed by atoms with Gasteiger partial charge in [-0.2, -0.15) is 0 Å². The highest BCUT2D eigenvalue weighted by Gasteiger charge is 2.23. The molecule has 0 spiro atoms. The van der Waals surface area contributed by atoms with Gasteiger partial charge in [0.25, 0.3) is 5.91 Å². The Morgan fingerprint density at radius 2 is 1.78 bits per heavy atom. The molecule has 0 fully saturated rings. The maximum Gasteiger partial charge on any atom is 0.258 e. The Bertz CT molecular complexity index is 1410. The van der Waals surface area contributed by atoms with Crippen LogP contribution in [0.2, 0.25) is 0 Å². The number of para-hydroxylation sites is 1. The van der Waals surface area contributed by atoms with E-state index in [4.69, 9.17) is 4.74 Å². The lowest BCUT2D eigenvalue weighted by atomic mass is 9.90. The zero-order chi connectivity index (χ0) is 25.2. The lowest BCUT2D eigenvalue weighted by Crippen LogP contribution is -2.36. The molecule has 0 unspecified atom stereocenters. The molecule has 0 saturated carbocycles. The number of H-pyrrole nitrogens is 1. The Labute approximate surface area is 219 Å². The molecule has 0 radical (unpaired) electrons. The second kappa shape index (κ2) is 10.4. The minimum Gasteiger partial charge on any atom is -0.497 e. The Morgan fingerprint density at radius 1 is 0.973 bits per heavy atom. The fourth-order valence-electron chi connectivity index (χ4n) is 6.02. The molecule has 6 rings (SSSR count). The van der Waals surface area contributed by atoms with E-state index in [0.717, 1.165) is 62.3 Å². The van der Waals surface area contributed by atoms with Crippen LogP contribution >= 0.6 is 0 Å². The molecule has 190 valence electrons. The van der Waals surface area contributed by atoms with E-state index < -0.39 is 0 Å². The summed E-state index contributed by atoms with van der Waals surface area (Å²) in [6, 6.07) is 22.8. The topological polar surface area (TPSA) is 48.6 Å². The van der Waals surface area contributed by atoms with Gasteiger partial charge in [-0.1, -0.05) is 24.3 Å². The van der Waals surface area contributed by atoms with Crippen molar-refractivity contribution in [1.29, 1.82) is 0 Å². The number of hydrogen-bond donors (Lipinski definition) is 1. The predicted molar refractivity (Wildman–Crippen MR) is 150 cm³/mol. The van der Waals surface area contributed by atoms with Crippen LogP contribution < -0.4 is 9.64 Å². The molecule has 1 N–H and O–H groups in total. The van der Waals surface area contributed by atoms with Crippen LogP contribution in [0.15, 0.2) is 66.7 Å². The summed E-state index contributed by atoms with van der Waals surface area (Å²) in [6.07, 6.45) is 6.63. The summed E-state index contributed by atoms with van der Waals surface area (Å²) in [5.41, 5.74) is 8.49. The summed E-state index contributed by atoms with van der Waals surface area (Å²) in [5.74, 6) is 0.877. The number of aromatic amines is 1. The molecule has 0 saturated heterocycles. The third-order valence-electron chi connectivity index (χ3n) is 8.04. The van der Waals surface area contributed by atoms with Gasteiger partial charge in [0.1, 0.15) is 5.75 Å². The number of nitrogens with one attached hydrogen (secondary N) is 1. The molecule has 1 amide bonds. The second-order valence-electron chi connectivity index (χ2n) is 10.4. The van der Waals surface area contributed by atoms with Gasteiger partial charge in [0, 0.05) is 54.0 Å². The number of fused-ring (bicyclic) bond motifs is 4. The Morgan fingerprint density at radius 3 is 2.62 bits per heavy atom. The molecule has 1 aliphatic heterocycles. The van der Waals surface area contributed by atoms with Crippen LogP contribution in [-0.2, 0) is 25.8 Å². The number of benzene rings is 3. The van der Waals surface area contributed by atoms with Gasteiger partial charge >= 0.3 is 0 Å². The van der Waals surface area contributed by atoms with Crippen LogP contribution in [-0.4, -0.2) is 42.5 Å². The minimum atomic E-state index is 0.0788. The summed E-state index contributed by atoms with van der Waals surface area (Å²) in [5, 5.41) is 1.36. The second-order valence-corrected chi connectivity index (χ2v) is 10.4. The van der Waals surface area contributed by atoms with Crippen molar-refractivity contribution in [1.82, 2.24) is 9.88 Å². The summed E-state index contributed by atoms with van der Waals surface area (Å²) in [4.78, 5) is 21.9. The largest absolute Gasteiger partial charge is 0.497 e. The van der Waals surface area contributed by atoms with E-state index in [1.54, 1.807) is 7.11 Å². The Kier molecular flexibility index (Phi) is 6.71. The maximum atomic E-state index is 13.8. The third kappa shape index (κ3) is 4.88. The predicted octanol–water partition coefficient (Wildman–Crippen LogP) is 6.15. The highest BCUT2D eigenvalue weighted by Crippen LogP contribution is 2.28. The van der Waals surface area contributed by atoms with Crippen LogP contribution in [0.3, 0.4) is 0 Å². The molecular weight excluding hydrogens is 458 g/mol. The molecule has 5 nitrogen and oxygen atoms in total. The highest BCUT2D eigenvalue weighted by atomic mass is 16.5. The number of nitrogens with zero attached hydrogens (tertiary/aromatic N) is 2. The van der Waals surface area contributed by atoms with Gasteiger partial charge in [-0.25, -0.2) is 0 Å². The molecule has 0 atom stereocenters. The van der Waals surface area contributed by atoms with Crippen molar-refractivity contribution in [2.24, 2.45) is 0 Å². The molecule has 3 aromatic carbocycles. The first-order valence-corrected chi connectivity index (χ1v) is 13.6. The number of hydrogen-bond acceptors (Lipinski definition) is 3. The van der Waals surface area contributed by atoms with Crippen LogP contribution in [0.5, 0.6) is 5.75 Å². The fourth-order valence-corrected chi connectivity index (χ4v) is 6.02. The first-order valence-electron chi connectivity index (χ1n) is 13.6. The van der Waals surface area contributed by atoms with Gasteiger partial charge in [0.05, 0.1) is 7.11 Å². The first-order chi connectivity index (χ1) is 18.2. The van der Waals surface area contributed by atoms with Crippen molar-refractivity contribution in [2.75, 3.05) is 31.6 Å². The van der Waals surface area contributed by atoms with Crippen molar-refractivity contribution in [2.45, 2.75) is 45.1 Å². The summed E-state index contributed by atoms with van der Waals surface area (Å²) < 4.78 is 5.35. The number of carbonyl (C=O) groups excluding carboxylic acids is 1. The number of aryl methyl sites for hydroxylation is 2. The zero-order valence-corrected chi connectivity index (χ0v) is 21.6. The number of rotatable bonds is 7. The van der Waals surface area contributed by atoms with E-state index in [1.807, 2.05) is 35.2 Å². The molecular formula is C32H35N3O2. The first kappa shape index (κ1) is 23.8. The highest BCUT2D eigenvalue weighted by molar-refractivity contribution is 6.06. The summed E-state index contributed by atoms with van der Waals surface area (Å²) in [7, 11) is 1.67. The van der Waals surface area contributed by atoms with Gasteiger partial charge < -0.3 is 14.6 Å². The molecule has 1 aliphatic carbocycles. The third-order valence-corrected chi connectivity index (χ3v) is 8.04. The smallest absolute Gasteiger partial charge is 0.258 e. The van der Waals surface area contributed by atoms with E-state index in [0.29, 0.717) is 6.54 Å². The van der Waals surface area contributed by atoms with Crippen molar-refractivity contribution >= 4 is 22.5 Å². The molecule has 4 aromatic rings. The SMILES string of the molecule is COc1ccc(N(CCCN2CCc3c([nH]c4ccccc34)C2)C(=O)c2ccc3c(c2)CCCC3)cc1. The summed E-state index contributed by atoms with van der Waals surface area (Å²) in [6.45, 7) is 3.62. The maximum absolute atomic E-state index is 13.8. The van der Waals surface area contributed by atoms with E-state index >= 15 is 0 Å². The minimum absolute atomic E-state index is 0.0788. The monoisotopic (exact) mass is 493 g/mol. The number of anilines is 1. The van der Waals surface area contributed by atoms with Crippen molar-refractivity contribution in [3.05, 3.63) is 94.7 Å². The quantitative estimate of drug-likeness (QED) is 0.336. The number of carbonyl (C=O) groups is 1. The van der Waals surface area contributed by atoms with E-state index in [9.17, 15) is 4.79 Å². The van der Waals surface area contributed by atoms with Crippen LogP contribution in [0.1, 0.15) is 52.0 Å². The lowest BCUT2D eigenvalue weighted by Gasteiger charge is -2.29. The molecule has 5 heteroatoms. The number of aromatic nitrogens is 1. The van der Waals surface area contributed by atoms with Crippen LogP contribution in [0.25, 0.3) is 10.9 Å². The molecule has 2 heterocycles. The van der Waals surface area contributed by atoms with Gasteiger partial charge in [0.2, 0.25) is 0 Å². The van der Waals surface area contributed by atoms with Gasteiger partial charge in [-0.15, -0.1) is 0 Å². The molecule has 2 aliphatic rings. The molecule has 37 heavy (non-hydrogen) atoms. The van der Waals surface area contributed by atoms with Crippen LogP contribution in [0, 0.1) is 0 Å². The lowest BCUT2D eigenvalue weighted by molar-refractivity contribution is 0.0985. The number of amides is 1. The molecule has 0 bridgehead atoms. The van der Waals surface area contributed by atoms with E-state index in [1.165, 1.54) is 46.1 Å². The van der Waals surface area contributed by atoms with Crippen molar-refractivity contribution < 1.29 is 9.53 Å². The van der Waals surface area contributed by atoms with Gasteiger partial charge in [-0.3, -0.25) is 9.69 Å². The standard InChI is InChI=1S/C32H35N3O2/c1-37-27-15-13-26(14-16-27)35(32(36)25-12-11-23-7-2-3-8-24(23)21-25)19-6-18-34-20-17-29-28-9-4-5-10-30(28)33-31(29)22-34/h4-5,9-16,21,33H,2-3,6-8,17-20,22H2,1H3. The van der Waals surface area contributed by atoms with E-state index in [-0.39, 0.29) is 5.91 Å². The number of methoxy groups -OCH3 is 1. The van der Waals surface area contributed by atoms with Crippen LogP contribution in [0.4, 0.5) is 5.69 Å². The average molecular weight is 494 g/mol. The normalized spacial score (nSPS) is 15.3. The average Bonchev–Trinajstić information content (AvgIpc) is 3.33. The van der Waals surface area contributed by atoms with Crippen molar-refractivity contribution in [3.63, 3.8) is 0 Å². The Hall–Kier alpha value is -3.57. The fraction of sp³-hybridized carbons (Fsp3) is 0.344. The zero-order valence-electron chi connectivity index (χ0n) is 21.6. The van der Waals surface area contributed by atoms with Gasteiger partial charge in [-0.05, 0) is 97.7 Å². The van der Waals surface area contributed by atoms with E-state index in [2.05, 4.69) is 46.3 Å². The number of ether oxygens (including phenoxy) is 1. The Balaban J connectivity index is 1.17. The van der Waals surface area contributed by atoms with Gasteiger partial charge in [0.15, 0.2) is 0 Å². The summed E-state index contributed by atoms with van der Waals surface area (Å²) >= 11 is 0. The van der Waals surface area contributed by atoms with Crippen molar-refractivity contribution in [3.8, 4) is 5.75 Å².